The molecule has 0 bridgehead atoms. The molecule has 0 amide bonds. The number of ether oxygens (including phenoxy) is 1. The van der Waals surface area contributed by atoms with E-state index in [0.717, 1.165) is 0 Å². The van der Waals surface area contributed by atoms with Gasteiger partial charge in [-0.1, -0.05) is 6.07 Å². The number of hydrogen-bond donors (Lipinski definition) is 0. The van der Waals surface area contributed by atoms with E-state index in [2.05, 4.69) is 4.98 Å². The smallest absolute Gasteiger partial charge is 0.263 e. The van der Waals surface area contributed by atoms with Crippen LogP contribution in [-0.4, -0.2) is 17.9 Å². The topological polar surface area (TPSA) is 39.2 Å². The fourth-order valence-corrected chi connectivity index (χ4v) is 1.69. The number of carbonyl (C=O) groups excluding carboxylic acids is 1. The number of carbonyl (C=O) groups is 1. The molecule has 0 fully saturated rings. The van der Waals surface area contributed by atoms with Gasteiger partial charge in [0.1, 0.15) is 5.75 Å². The highest BCUT2D eigenvalue weighted by Crippen LogP contribution is 2.28. The fourth-order valence-electron chi connectivity index (χ4n) is 1.69. The molecule has 3 nitrogen and oxygen atoms in total. The van der Waals surface area contributed by atoms with Crippen LogP contribution in [0.2, 0.25) is 0 Å². The SMILES string of the molecule is COc1cc(C(F)F)ccc1C(=O)c1ccncc1. The van der Waals surface area contributed by atoms with Crippen LogP contribution in [0.15, 0.2) is 42.7 Å². The van der Waals surface area contributed by atoms with E-state index in [1.807, 2.05) is 0 Å². The van der Waals surface area contributed by atoms with Crippen LogP contribution in [0.3, 0.4) is 0 Å². The molecule has 0 N–H and O–H groups in total. The molecule has 0 radical (unpaired) electrons. The van der Waals surface area contributed by atoms with E-state index in [-0.39, 0.29) is 22.7 Å². The monoisotopic (exact) mass is 263 g/mol. The molecule has 0 unspecified atom stereocenters. The molecule has 1 aromatic carbocycles. The quantitative estimate of drug-likeness (QED) is 0.795. The summed E-state index contributed by atoms with van der Waals surface area (Å²) in [5.74, 6) is -0.153. The summed E-state index contributed by atoms with van der Waals surface area (Å²) in [5.41, 5.74) is 0.499. The summed E-state index contributed by atoms with van der Waals surface area (Å²) in [6.07, 6.45) is 0.388. The zero-order valence-corrected chi connectivity index (χ0v) is 10.1. The molecular weight excluding hydrogens is 252 g/mol. The van der Waals surface area contributed by atoms with Crippen molar-refractivity contribution in [2.75, 3.05) is 7.11 Å². The minimum Gasteiger partial charge on any atom is -0.496 e. The number of methoxy groups -OCH3 is 1. The summed E-state index contributed by atoms with van der Waals surface area (Å²) in [4.78, 5) is 16.0. The van der Waals surface area contributed by atoms with Crippen LogP contribution in [-0.2, 0) is 0 Å². The highest BCUT2D eigenvalue weighted by Gasteiger charge is 2.17. The van der Waals surface area contributed by atoms with Crippen molar-refractivity contribution in [2.24, 2.45) is 0 Å². The number of pyridine rings is 1. The maximum Gasteiger partial charge on any atom is 0.263 e. The second-order valence-corrected chi connectivity index (χ2v) is 3.83. The maximum atomic E-state index is 12.6. The minimum atomic E-state index is -2.60. The first-order valence-corrected chi connectivity index (χ1v) is 5.54. The van der Waals surface area contributed by atoms with Crippen LogP contribution < -0.4 is 4.74 Å². The minimum absolute atomic E-state index is 0.139. The van der Waals surface area contributed by atoms with E-state index in [1.54, 1.807) is 12.1 Å². The Hall–Kier alpha value is -2.30. The van der Waals surface area contributed by atoms with Crippen molar-refractivity contribution in [2.45, 2.75) is 6.43 Å². The van der Waals surface area contributed by atoms with E-state index in [1.165, 1.54) is 37.7 Å². The molecule has 2 rings (SSSR count). The lowest BCUT2D eigenvalue weighted by molar-refractivity contribution is 0.103. The third kappa shape index (κ3) is 2.76. The molecule has 0 saturated carbocycles. The lowest BCUT2D eigenvalue weighted by atomic mass is 10.0. The first-order chi connectivity index (χ1) is 9.13. The van der Waals surface area contributed by atoms with Gasteiger partial charge in [-0.05, 0) is 24.3 Å². The summed E-state index contributed by atoms with van der Waals surface area (Å²) in [7, 11) is 1.34. The average molecular weight is 263 g/mol. The van der Waals surface area contributed by atoms with Crippen LogP contribution in [0.4, 0.5) is 8.78 Å². The molecule has 0 saturated heterocycles. The van der Waals surface area contributed by atoms with E-state index in [4.69, 9.17) is 4.74 Å². The fraction of sp³-hybridized carbons (Fsp3) is 0.143. The van der Waals surface area contributed by atoms with Crippen LogP contribution in [0.5, 0.6) is 5.75 Å². The Kier molecular flexibility index (Phi) is 3.85. The van der Waals surface area contributed by atoms with E-state index >= 15 is 0 Å². The molecule has 98 valence electrons. The summed E-state index contributed by atoms with van der Waals surface area (Å²) in [6.45, 7) is 0. The molecule has 0 atom stereocenters. The number of nitrogens with zero attached hydrogens (tertiary/aromatic N) is 1. The van der Waals surface area contributed by atoms with Crippen LogP contribution >= 0.6 is 0 Å². The van der Waals surface area contributed by atoms with Crippen molar-refractivity contribution < 1.29 is 18.3 Å². The number of rotatable bonds is 4. The number of aromatic nitrogens is 1. The van der Waals surface area contributed by atoms with E-state index < -0.39 is 6.43 Å². The van der Waals surface area contributed by atoms with Crippen molar-refractivity contribution in [1.29, 1.82) is 0 Å². The Labute approximate surface area is 108 Å². The Morgan fingerprint density at radius 3 is 2.47 bits per heavy atom. The van der Waals surface area contributed by atoms with Gasteiger partial charge in [-0.3, -0.25) is 9.78 Å². The average Bonchev–Trinajstić information content (AvgIpc) is 2.46. The van der Waals surface area contributed by atoms with Crippen molar-refractivity contribution in [1.82, 2.24) is 4.98 Å². The number of hydrogen-bond acceptors (Lipinski definition) is 3. The predicted molar refractivity (Wildman–Crippen MR) is 65.6 cm³/mol. The van der Waals surface area contributed by atoms with Crippen molar-refractivity contribution in [3.8, 4) is 5.75 Å². The van der Waals surface area contributed by atoms with Crippen LogP contribution in [0.1, 0.15) is 27.9 Å². The number of halogens is 2. The highest BCUT2D eigenvalue weighted by molar-refractivity contribution is 6.10. The van der Waals surface area contributed by atoms with Crippen LogP contribution in [0.25, 0.3) is 0 Å². The molecule has 0 aliphatic carbocycles. The lowest BCUT2D eigenvalue weighted by Gasteiger charge is -2.09. The van der Waals surface area contributed by atoms with Crippen molar-refractivity contribution in [3.05, 3.63) is 59.4 Å². The number of benzene rings is 1. The summed E-state index contributed by atoms with van der Waals surface area (Å²) in [5, 5.41) is 0. The van der Waals surface area contributed by atoms with Gasteiger partial charge in [-0.25, -0.2) is 8.78 Å². The van der Waals surface area contributed by atoms with Gasteiger partial charge in [0.05, 0.1) is 12.7 Å². The van der Waals surface area contributed by atoms with E-state index in [0.29, 0.717) is 5.56 Å². The Morgan fingerprint density at radius 1 is 1.21 bits per heavy atom. The molecule has 0 aliphatic heterocycles. The second-order valence-electron chi connectivity index (χ2n) is 3.83. The van der Waals surface area contributed by atoms with Crippen molar-refractivity contribution >= 4 is 5.78 Å². The van der Waals surface area contributed by atoms with Gasteiger partial charge in [0.2, 0.25) is 0 Å². The van der Waals surface area contributed by atoms with Gasteiger partial charge in [0, 0.05) is 23.5 Å². The largest absolute Gasteiger partial charge is 0.496 e. The van der Waals surface area contributed by atoms with Gasteiger partial charge < -0.3 is 4.74 Å². The van der Waals surface area contributed by atoms with Gasteiger partial charge in [0.15, 0.2) is 5.78 Å². The Bertz CT molecular complexity index is 585. The van der Waals surface area contributed by atoms with E-state index in [9.17, 15) is 13.6 Å². The Morgan fingerprint density at radius 2 is 1.89 bits per heavy atom. The third-order valence-electron chi connectivity index (χ3n) is 2.66. The zero-order valence-electron chi connectivity index (χ0n) is 10.1. The van der Waals surface area contributed by atoms with Gasteiger partial charge in [0.25, 0.3) is 6.43 Å². The molecule has 1 heterocycles. The van der Waals surface area contributed by atoms with Gasteiger partial charge >= 0.3 is 0 Å². The number of alkyl halides is 2. The molecule has 0 spiro atoms. The predicted octanol–water partition coefficient (Wildman–Crippen LogP) is 3.26. The Balaban J connectivity index is 2.42. The normalized spacial score (nSPS) is 10.5. The lowest BCUT2D eigenvalue weighted by Crippen LogP contribution is -2.04. The number of ketones is 1. The summed E-state index contributed by atoms with van der Waals surface area (Å²) >= 11 is 0. The molecular formula is C14H11F2NO2. The maximum absolute atomic E-state index is 12.6. The van der Waals surface area contributed by atoms with Gasteiger partial charge in [-0.15, -0.1) is 0 Å². The summed E-state index contributed by atoms with van der Waals surface area (Å²) in [6, 6.07) is 6.87. The highest BCUT2D eigenvalue weighted by atomic mass is 19.3. The second kappa shape index (κ2) is 5.56. The third-order valence-corrected chi connectivity index (χ3v) is 2.66. The standard InChI is InChI=1S/C14H11F2NO2/c1-19-12-8-10(14(15)16)2-3-11(12)13(18)9-4-6-17-7-5-9/h2-8,14H,1H3. The molecule has 5 heteroatoms. The van der Waals surface area contributed by atoms with Crippen LogP contribution in [0, 0.1) is 0 Å². The summed E-state index contributed by atoms with van der Waals surface area (Å²) < 4.78 is 30.2. The van der Waals surface area contributed by atoms with Gasteiger partial charge in [-0.2, -0.15) is 0 Å². The first-order valence-electron chi connectivity index (χ1n) is 5.54. The molecule has 0 aliphatic rings. The molecule has 19 heavy (non-hydrogen) atoms. The zero-order chi connectivity index (χ0) is 13.8. The molecule has 1 aromatic heterocycles. The first kappa shape index (κ1) is 13.1. The molecule has 2 aromatic rings. The van der Waals surface area contributed by atoms with Crippen molar-refractivity contribution in [3.63, 3.8) is 0 Å².